The van der Waals surface area contributed by atoms with Crippen LogP contribution in [0.3, 0.4) is 0 Å². The fourth-order valence-electron chi connectivity index (χ4n) is 2.80. The lowest BCUT2D eigenvalue weighted by molar-refractivity contribution is 0.0850. The van der Waals surface area contributed by atoms with E-state index in [1.807, 2.05) is 36.4 Å². The van der Waals surface area contributed by atoms with Crippen LogP contribution < -0.4 is 17.0 Å². The van der Waals surface area contributed by atoms with Gasteiger partial charge in [-0.2, -0.15) is 0 Å². The van der Waals surface area contributed by atoms with Crippen LogP contribution in [0.15, 0.2) is 42.5 Å². The number of hydrogen-bond acceptors (Lipinski definition) is 4. The quantitative estimate of drug-likeness (QED) is 0.489. The lowest BCUT2D eigenvalue weighted by atomic mass is 9.91. The van der Waals surface area contributed by atoms with E-state index in [9.17, 15) is 5.11 Å². The number of nitrogens with one attached hydrogen (secondary N) is 1. The Kier molecular flexibility index (Phi) is 4.20. The first-order valence-corrected chi connectivity index (χ1v) is 6.61. The first kappa shape index (κ1) is 14.7. The molecule has 1 aliphatic carbocycles. The summed E-state index contributed by atoms with van der Waals surface area (Å²) < 4.78 is 0. The van der Waals surface area contributed by atoms with Crippen LogP contribution in [0.4, 0.5) is 0 Å². The average Bonchev–Trinajstić information content (AvgIpc) is 2.72. The summed E-state index contributed by atoms with van der Waals surface area (Å²) >= 11 is 0. The van der Waals surface area contributed by atoms with Gasteiger partial charge in [0.25, 0.3) is 0 Å². The third kappa shape index (κ3) is 2.13. The Bertz CT molecular complexity index is 612. The predicted octanol–water partition coefficient (Wildman–Crippen LogP) is 1.25. The Balaban J connectivity index is 0.000000704. The van der Waals surface area contributed by atoms with E-state index in [0.29, 0.717) is 6.54 Å². The molecule has 106 valence electrons. The van der Waals surface area contributed by atoms with Gasteiger partial charge in [-0.3, -0.25) is 11.3 Å². The normalized spacial score (nSPS) is 18.9. The van der Waals surface area contributed by atoms with Gasteiger partial charge in [0.1, 0.15) is 5.60 Å². The van der Waals surface area contributed by atoms with Crippen molar-refractivity contribution in [2.45, 2.75) is 12.5 Å². The number of rotatable bonds is 2. The maximum absolute atomic E-state index is 10.9. The highest BCUT2D eigenvalue weighted by molar-refractivity contribution is 5.80. The lowest BCUT2D eigenvalue weighted by Crippen LogP contribution is -2.40. The SMILES string of the molecule is CN.Cc1ccc2c(c1)-c1ccccc1[C@]2(O)CNN. The summed E-state index contributed by atoms with van der Waals surface area (Å²) in [6, 6.07) is 14.1. The van der Waals surface area contributed by atoms with Crippen molar-refractivity contribution in [1.82, 2.24) is 5.43 Å². The summed E-state index contributed by atoms with van der Waals surface area (Å²) in [7, 11) is 1.50. The molecule has 20 heavy (non-hydrogen) atoms. The molecule has 6 N–H and O–H groups in total. The number of nitrogens with two attached hydrogens (primary N) is 2. The van der Waals surface area contributed by atoms with Gasteiger partial charge in [0, 0.05) is 6.54 Å². The van der Waals surface area contributed by atoms with E-state index in [0.717, 1.165) is 22.3 Å². The van der Waals surface area contributed by atoms with Crippen LogP contribution in [0.25, 0.3) is 11.1 Å². The van der Waals surface area contributed by atoms with Gasteiger partial charge in [0.05, 0.1) is 0 Å². The molecule has 0 saturated carbocycles. The van der Waals surface area contributed by atoms with Crippen molar-refractivity contribution < 1.29 is 5.11 Å². The highest BCUT2D eigenvalue weighted by Crippen LogP contribution is 2.47. The molecule has 0 radical (unpaired) electrons. The number of fused-ring (bicyclic) bond motifs is 3. The molecule has 2 aromatic carbocycles. The van der Waals surface area contributed by atoms with Crippen LogP contribution in [0.2, 0.25) is 0 Å². The molecule has 0 bridgehead atoms. The number of hydrazine groups is 1. The van der Waals surface area contributed by atoms with E-state index in [-0.39, 0.29) is 0 Å². The highest BCUT2D eigenvalue weighted by atomic mass is 16.3. The van der Waals surface area contributed by atoms with Gasteiger partial charge in [-0.15, -0.1) is 0 Å². The molecule has 0 amide bonds. The second-order valence-corrected chi connectivity index (χ2v) is 4.84. The van der Waals surface area contributed by atoms with Crippen molar-refractivity contribution in [1.29, 1.82) is 0 Å². The number of aliphatic hydroxyl groups is 1. The molecular weight excluding hydrogens is 250 g/mol. The van der Waals surface area contributed by atoms with Crippen molar-refractivity contribution in [3.05, 3.63) is 59.2 Å². The minimum absolute atomic E-state index is 0.306. The van der Waals surface area contributed by atoms with Crippen molar-refractivity contribution >= 4 is 0 Å². The third-order valence-corrected chi connectivity index (χ3v) is 3.64. The highest BCUT2D eigenvalue weighted by Gasteiger charge is 2.40. The Morgan fingerprint density at radius 3 is 2.40 bits per heavy atom. The third-order valence-electron chi connectivity index (χ3n) is 3.64. The molecule has 0 unspecified atom stereocenters. The standard InChI is InChI=1S/C15H16N2O.CH5N/c1-10-6-7-14-12(8-10)11-4-2-3-5-13(11)15(14,18)9-17-16;1-2/h2-8,17-18H,9,16H2,1H3;2H2,1H3/t15-;/m1./s1. The second kappa shape index (κ2) is 5.73. The van der Waals surface area contributed by atoms with E-state index in [1.54, 1.807) is 0 Å². The molecule has 1 aliphatic rings. The maximum atomic E-state index is 10.9. The van der Waals surface area contributed by atoms with Crippen LogP contribution in [0.1, 0.15) is 16.7 Å². The summed E-state index contributed by atoms with van der Waals surface area (Å²) in [6.45, 7) is 2.36. The topological polar surface area (TPSA) is 84.3 Å². The molecule has 0 saturated heterocycles. The molecule has 4 heteroatoms. The summed E-state index contributed by atoms with van der Waals surface area (Å²) in [5, 5.41) is 10.9. The van der Waals surface area contributed by atoms with E-state index in [2.05, 4.69) is 24.1 Å². The van der Waals surface area contributed by atoms with Crippen LogP contribution in [-0.4, -0.2) is 18.7 Å². The predicted molar refractivity (Wildman–Crippen MR) is 81.9 cm³/mol. The van der Waals surface area contributed by atoms with E-state index in [4.69, 9.17) is 5.84 Å². The fourth-order valence-corrected chi connectivity index (χ4v) is 2.80. The minimum Gasteiger partial charge on any atom is -0.379 e. The van der Waals surface area contributed by atoms with Gasteiger partial charge in [-0.05, 0) is 36.2 Å². The fraction of sp³-hybridized carbons (Fsp3) is 0.250. The largest absolute Gasteiger partial charge is 0.379 e. The molecule has 0 heterocycles. The van der Waals surface area contributed by atoms with Gasteiger partial charge in [-0.25, -0.2) is 0 Å². The molecular formula is C16H21N3O. The first-order chi connectivity index (χ1) is 9.66. The maximum Gasteiger partial charge on any atom is 0.130 e. The number of hydrogen-bond donors (Lipinski definition) is 4. The molecule has 0 aromatic heterocycles. The van der Waals surface area contributed by atoms with Crippen LogP contribution in [-0.2, 0) is 5.60 Å². The first-order valence-electron chi connectivity index (χ1n) is 6.61. The lowest BCUT2D eigenvalue weighted by Gasteiger charge is -2.25. The minimum atomic E-state index is -1.03. The Morgan fingerprint density at radius 1 is 1.05 bits per heavy atom. The smallest absolute Gasteiger partial charge is 0.130 e. The number of benzene rings is 2. The summed E-state index contributed by atoms with van der Waals surface area (Å²) in [5.74, 6) is 5.43. The van der Waals surface area contributed by atoms with E-state index >= 15 is 0 Å². The van der Waals surface area contributed by atoms with Gasteiger partial charge < -0.3 is 10.8 Å². The van der Waals surface area contributed by atoms with Gasteiger partial charge >= 0.3 is 0 Å². The number of aryl methyl sites for hydroxylation is 1. The van der Waals surface area contributed by atoms with Crippen LogP contribution in [0.5, 0.6) is 0 Å². The molecule has 0 fully saturated rings. The molecule has 4 nitrogen and oxygen atoms in total. The Labute approximate surface area is 119 Å². The van der Waals surface area contributed by atoms with Crippen molar-refractivity contribution in [3.8, 4) is 11.1 Å². The summed E-state index contributed by atoms with van der Waals surface area (Å²) in [5.41, 5.74) is 11.3. The summed E-state index contributed by atoms with van der Waals surface area (Å²) in [4.78, 5) is 0. The zero-order chi connectivity index (χ0) is 14.8. The molecule has 3 rings (SSSR count). The molecule has 0 spiro atoms. The zero-order valence-corrected chi connectivity index (χ0v) is 11.9. The van der Waals surface area contributed by atoms with Crippen molar-refractivity contribution in [2.24, 2.45) is 11.6 Å². The monoisotopic (exact) mass is 271 g/mol. The van der Waals surface area contributed by atoms with Crippen LogP contribution in [0, 0.1) is 6.92 Å². The second-order valence-electron chi connectivity index (χ2n) is 4.84. The van der Waals surface area contributed by atoms with Crippen molar-refractivity contribution in [2.75, 3.05) is 13.6 Å². The molecule has 2 aromatic rings. The van der Waals surface area contributed by atoms with E-state index in [1.165, 1.54) is 12.6 Å². The van der Waals surface area contributed by atoms with Gasteiger partial charge in [0.2, 0.25) is 0 Å². The molecule has 0 aliphatic heterocycles. The Hall–Kier alpha value is -1.72. The Morgan fingerprint density at radius 2 is 1.70 bits per heavy atom. The van der Waals surface area contributed by atoms with Gasteiger partial charge in [-0.1, -0.05) is 48.0 Å². The van der Waals surface area contributed by atoms with Crippen LogP contribution >= 0.6 is 0 Å². The van der Waals surface area contributed by atoms with Crippen molar-refractivity contribution in [3.63, 3.8) is 0 Å². The van der Waals surface area contributed by atoms with Gasteiger partial charge in [0.15, 0.2) is 0 Å². The summed E-state index contributed by atoms with van der Waals surface area (Å²) in [6.07, 6.45) is 0. The molecule has 1 atom stereocenters. The van der Waals surface area contributed by atoms with E-state index < -0.39 is 5.60 Å². The zero-order valence-electron chi connectivity index (χ0n) is 11.9. The average molecular weight is 271 g/mol.